The zero-order chi connectivity index (χ0) is 19.8. The Balaban J connectivity index is 0.00000392. The van der Waals surface area contributed by atoms with Crippen molar-refractivity contribution in [2.75, 3.05) is 20.1 Å². The van der Waals surface area contributed by atoms with Gasteiger partial charge in [0.25, 0.3) is 0 Å². The molecule has 0 saturated carbocycles. The molecule has 2 rings (SSSR count). The average molecular weight is 508 g/mol. The van der Waals surface area contributed by atoms with Crippen LogP contribution in [0.5, 0.6) is 5.75 Å². The molecule has 0 aliphatic heterocycles. The van der Waals surface area contributed by atoms with Crippen molar-refractivity contribution < 1.29 is 18.0 Å². The van der Waals surface area contributed by atoms with Gasteiger partial charge in [-0.05, 0) is 44.9 Å². The highest BCUT2D eigenvalue weighted by Crippen LogP contribution is 2.16. The number of aryl methyl sites for hydroxylation is 2. The summed E-state index contributed by atoms with van der Waals surface area (Å²) in [6, 6.07) is 6.61. The molecule has 0 aliphatic carbocycles. The maximum absolute atomic E-state index is 12.2. The number of rotatable bonds is 8. The van der Waals surface area contributed by atoms with E-state index in [0.717, 1.165) is 41.5 Å². The van der Waals surface area contributed by atoms with Gasteiger partial charge in [-0.2, -0.15) is 8.78 Å². The van der Waals surface area contributed by atoms with Gasteiger partial charge in [0.1, 0.15) is 11.5 Å². The van der Waals surface area contributed by atoms with Crippen LogP contribution in [0.2, 0.25) is 0 Å². The van der Waals surface area contributed by atoms with Gasteiger partial charge >= 0.3 is 6.61 Å². The maximum Gasteiger partial charge on any atom is 0.387 e. The molecule has 0 aliphatic rings. The third-order valence-corrected chi connectivity index (χ3v) is 4.07. The Bertz CT molecular complexity index is 731. The molecule has 156 valence electrons. The van der Waals surface area contributed by atoms with Crippen LogP contribution < -0.4 is 10.1 Å². The molecule has 28 heavy (non-hydrogen) atoms. The number of alkyl halides is 2. The lowest BCUT2D eigenvalue weighted by molar-refractivity contribution is -0.0498. The van der Waals surface area contributed by atoms with Crippen LogP contribution in [0.1, 0.15) is 29.5 Å². The molecule has 2 aromatic rings. The van der Waals surface area contributed by atoms with Gasteiger partial charge < -0.3 is 19.5 Å². The monoisotopic (exact) mass is 508 g/mol. The first-order valence-corrected chi connectivity index (χ1v) is 8.85. The topological polar surface area (TPSA) is 62.9 Å². The van der Waals surface area contributed by atoms with Gasteiger partial charge in [-0.25, -0.2) is 0 Å². The molecule has 0 radical (unpaired) electrons. The van der Waals surface area contributed by atoms with E-state index in [1.165, 1.54) is 12.1 Å². The summed E-state index contributed by atoms with van der Waals surface area (Å²) < 4.78 is 34.0. The first kappa shape index (κ1) is 24.1. The third kappa shape index (κ3) is 7.25. The largest absolute Gasteiger partial charge is 0.435 e. The maximum atomic E-state index is 12.2. The predicted octanol–water partition coefficient (Wildman–Crippen LogP) is 4.15. The minimum atomic E-state index is -2.82. The Morgan fingerprint density at radius 2 is 1.96 bits per heavy atom. The predicted molar refractivity (Wildman–Crippen MR) is 116 cm³/mol. The van der Waals surface area contributed by atoms with Crippen molar-refractivity contribution in [2.24, 2.45) is 4.99 Å². The van der Waals surface area contributed by atoms with Crippen LogP contribution in [0.15, 0.2) is 33.8 Å². The van der Waals surface area contributed by atoms with Crippen LogP contribution in [0.25, 0.3) is 0 Å². The number of benzene rings is 1. The van der Waals surface area contributed by atoms with Gasteiger partial charge in [0.15, 0.2) is 5.96 Å². The SMILES string of the molecule is CCNC(=NCCc1c(C)noc1C)N(C)Cc1ccc(OC(F)F)cc1.I. The molecule has 9 heteroatoms. The number of halogens is 3. The summed E-state index contributed by atoms with van der Waals surface area (Å²) in [5.74, 6) is 1.75. The van der Waals surface area contributed by atoms with Gasteiger partial charge in [-0.1, -0.05) is 17.3 Å². The molecule has 1 N–H and O–H groups in total. The highest BCUT2D eigenvalue weighted by Gasteiger charge is 2.10. The smallest absolute Gasteiger partial charge is 0.387 e. The lowest BCUT2D eigenvalue weighted by Gasteiger charge is -2.22. The number of guanidine groups is 1. The molecule has 0 atom stereocenters. The van der Waals surface area contributed by atoms with Gasteiger partial charge in [-0.15, -0.1) is 24.0 Å². The van der Waals surface area contributed by atoms with Crippen molar-refractivity contribution in [3.8, 4) is 5.75 Å². The quantitative estimate of drug-likeness (QED) is 0.330. The Hall–Kier alpha value is -1.91. The highest BCUT2D eigenvalue weighted by atomic mass is 127. The first-order valence-electron chi connectivity index (χ1n) is 8.85. The van der Waals surface area contributed by atoms with Crippen LogP contribution in [0, 0.1) is 13.8 Å². The normalized spacial score (nSPS) is 11.3. The molecule has 1 aromatic carbocycles. The summed E-state index contributed by atoms with van der Waals surface area (Å²) in [6.07, 6.45) is 0.754. The van der Waals surface area contributed by atoms with Crippen molar-refractivity contribution in [3.63, 3.8) is 0 Å². The number of nitrogens with zero attached hydrogens (tertiary/aromatic N) is 3. The minimum Gasteiger partial charge on any atom is -0.435 e. The molecular formula is C19H27F2IN4O2. The van der Waals surface area contributed by atoms with Crippen molar-refractivity contribution in [1.29, 1.82) is 0 Å². The molecule has 1 aromatic heterocycles. The summed E-state index contributed by atoms with van der Waals surface area (Å²) >= 11 is 0. The van der Waals surface area contributed by atoms with Crippen LogP contribution in [-0.2, 0) is 13.0 Å². The van der Waals surface area contributed by atoms with E-state index < -0.39 is 6.61 Å². The van der Waals surface area contributed by atoms with E-state index in [0.29, 0.717) is 13.1 Å². The molecular weight excluding hydrogens is 481 g/mol. The lowest BCUT2D eigenvalue weighted by Crippen LogP contribution is -2.38. The fraction of sp³-hybridized carbons (Fsp3) is 0.474. The Morgan fingerprint density at radius 3 is 2.50 bits per heavy atom. The summed E-state index contributed by atoms with van der Waals surface area (Å²) in [5, 5.41) is 7.22. The lowest BCUT2D eigenvalue weighted by atomic mass is 10.1. The molecule has 0 fully saturated rings. The summed E-state index contributed by atoms with van der Waals surface area (Å²) in [4.78, 5) is 6.65. The van der Waals surface area contributed by atoms with Gasteiger partial charge in [0.05, 0.1) is 5.69 Å². The molecule has 6 nitrogen and oxygen atoms in total. The molecule has 0 bridgehead atoms. The van der Waals surface area contributed by atoms with E-state index in [-0.39, 0.29) is 29.7 Å². The van der Waals surface area contributed by atoms with Crippen LogP contribution in [0.3, 0.4) is 0 Å². The van der Waals surface area contributed by atoms with E-state index >= 15 is 0 Å². The third-order valence-electron chi connectivity index (χ3n) is 4.07. The summed E-state index contributed by atoms with van der Waals surface area (Å²) in [7, 11) is 1.93. The average Bonchev–Trinajstić information content (AvgIpc) is 2.94. The fourth-order valence-electron chi connectivity index (χ4n) is 2.73. The van der Waals surface area contributed by atoms with E-state index in [1.807, 2.05) is 32.7 Å². The highest BCUT2D eigenvalue weighted by molar-refractivity contribution is 14.0. The van der Waals surface area contributed by atoms with Crippen molar-refractivity contribution in [2.45, 2.75) is 40.3 Å². The number of nitrogens with one attached hydrogen (secondary N) is 1. The van der Waals surface area contributed by atoms with Crippen molar-refractivity contribution >= 4 is 29.9 Å². The zero-order valence-corrected chi connectivity index (χ0v) is 18.9. The fourth-order valence-corrected chi connectivity index (χ4v) is 2.73. The van der Waals surface area contributed by atoms with Crippen molar-refractivity contribution in [1.82, 2.24) is 15.4 Å². The number of ether oxygens (including phenoxy) is 1. The second kappa shape index (κ2) is 11.8. The second-order valence-corrected chi connectivity index (χ2v) is 6.17. The number of hydrogen-bond acceptors (Lipinski definition) is 4. The van der Waals surface area contributed by atoms with Crippen LogP contribution in [0.4, 0.5) is 8.78 Å². The molecule has 0 amide bonds. The van der Waals surface area contributed by atoms with Gasteiger partial charge in [0, 0.05) is 32.2 Å². The molecule has 0 spiro atoms. The van der Waals surface area contributed by atoms with E-state index in [4.69, 9.17) is 4.52 Å². The number of aromatic nitrogens is 1. The Morgan fingerprint density at radius 1 is 1.29 bits per heavy atom. The van der Waals surface area contributed by atoms with Gasteiger partial charge in [0.2, 0.25) is 0 Å². The molecule has 1 heterocycles. The Labute approximate surface area is 181 Å². The molecule has 0 saturated heterocycles. The Kier molecular flexibility index (Phi) is 10.2. The van der Waals surface area contributed by atoms with Gasteiger partial charge in [-0.3, -0.25) is 4.99 Å². The number of aliphatic imine (C=N–C) groups is 1. The zero-order valence-electron chi connectivity index (χ0n) is 16.5. The first-order chi connectivity index (χ1) is 12.9. The summed E-state index contributed by atoms with van der Waals surface area (Å²) in [5.41, 5.74) is 2.95. The number of hydrogen-bond donors (Lipinski definition) is 1. The van der Waals surface area contributed by atoms with Crippen LogP contribution in [-0.4, -0.2) is 42.8 Å². The molecule has 0 unspecified atom stereocenters. The van der Waals surface area contributed by atoms with E-state index in [9.17, 15) is 8.78 Å². The van der Waals surface area contributed by atoms with Crippen molar-refractivity contribution in [3.05, 3.63) is 46.8 Å². The summed E-state index contributed by atoms with van der Waals surface area (Å²) in [6.45, 7) is 4.96. The van der Waals surface area contributed by atoms with Crippen LogP contribution >= 0.6 is 24.0 Å². The minimum absolute atomic E-state index is 0. The van der Waals surface area contributed by atoms with E-state index in [1.54, 1.807) is 12.1 Å². The standard InChI is InChI=1S/C19H26F2N4O2.HI/c1-5-22-19(23-11-10-17-13(2)24-27-14(17)3)25(4)12-15-6-8-16(9-7-15)26-18(20)21;/h6-9,18H,5,10-12H2,1-4H3,(H,22,23);1H. The second-order valence-electron chi connectivity index (χ2n) is 6.17. The van der Waals surface area contributed by atoms with E-state index in [2.05, 4.69) is 20.2 Å².